The number of ether oxygens (including phenoxy) is 1. The van der Waals surface area contributed by atoms with Crippen molar-refractivity contribution in [3.8, 4) is 0 Å². The molecule has 3 fully saturated rings. The molecule has 3 N–H and O–H groups in total. The van der Waals surface area contributed by atoms with Gasteiger partial charge in [0.1, 0.15) is 11.4 Å². The molecule has 0 aliphatic heterocycles. The Kier molecular flexibility index (Phi) is 8.19. The van der Waals surface area contributed by atoms with Crippen LogP contribution in [0.2, 0.25) is 0 Å². The number of ketones is 3. The van der Waals surface area contributed by atoms with E-state index >= 15 is 0 Å². The van der Waals surface area contributed by atoms with Gasteiger partial charge >= 0.3 is 11.9 Å². The fourth-order valence-electron chi connectivity index (χ4n) is 8.45. The van der Waals surface area contributed by atoms with E-state index in [4.69, 9.17) is 9.84 Å². The molecule has 0 radical (unpaired) electrons. The number of hydrogen-bond acceptors (Lipinski definition) is 8. The molecular formula is C33H39NO9. The smallest absolute Gasteiger partial charge is 0.335 e. The molecule has 0 saturated heterocycles. The molecule has 5 rings (SSSR count). The number of rotatable bonds is 9. The number of aliphatic hydroxyl groups is 1. The quantitative estimate of drug-likeness (QED) is 0.364. The molecule has 4 aliphatic rings. The Bertz CT molecular complexity index is 1400. The van der Waals surface area contributed by atoms with Crippen LogP contribution >= 0.6 is 0 Å². The Labute approximate surface area is 250 Å². The first-order chi connectivity index (χ1) is 20.3. The third-order valence-electron chi connectivity index (χ3n) is 10.9. The summed E-state index contributed by atoms with van der Waals surface area (Å²) in [7, 11) is 0. The van der Waals surface area contributed by atoms with Crippen molar-refractivity contribution in [3.05, 3.63) is 47.0 Å². The Morgan fingerprint density at radius 2 is 1.72 bits per heavy atom. The van der Waals surface area contributed by atoms with Gasteiger partial charge < -0.3 is 20.3 Å². The molecule has 10 heteroatoms. The van der Waals surface area contributed by atoms with Gasteiger partial charge in [-0.25, -0.2) is 4.79 Å². The summed E-state index contributed by atoms with van der Waals surface area (Å²) in [6, 6.07) is 6.04. The van der Waals surface area contributed by atoms with Gasteiger partial charge in [-0.2, -0.15) is 0 Å². The Balaban J connectivity index is 1.14. The lowest BCUT2D eigenvalue weighted by molar-refractivity contribution is -0.173. The predicted octanol–water partition coefficient (Wildman–Crippen LogP) is 3.34. The number of carbonyl (C=O) groups is 6. The summed E-state index contributed by atoms with van der Waals surface area (Å²) in [5.41, 5.74) is -1.25. The minimum absolute atomic E-state index is 0.0135. The second-order valence-electron chi connectivity index (χ2n) is 13.2. The van der Waals surface area contributed by atoms with Crippen LogP contribution in [-0.2, 0) is 35.3 Å². The molecular weight excluding hydrogens is 554 g/mol. The SMILES string of the molecule is CC12CCC(=O)C=C1CCC1C2C(=O)CC2(C)C1CCC2(O)C(=O)COC(=O)CCC(=O)NCc1ccc(C(=O)O)cc1. The van der Waals surface area contributed by atoms with Crippen molar-refractivity contribution in [2.75, 3.05) is 6.61 Å². The summed E-state index contributed by atoms with van der Waals surface area (Å²) in [5, 5.41) is 23.4. The molecule has 1 aromatic carbocycles. The van der Waals surface area contributed by atoms with Crippen molar-refractivity contribution in [1.82, 2.24) is 5.32 Å². The molecule has 6 atom stereocenters. The zero-order valence-corrected chi connectivity index (χ0v) is 24.6. The summed E-state index contributed by atoms with van der Waals surface area (Å²) in [5.74, 6) is -2.95. The van der Waals surface area contributed by atoms with Crippen molar-refractivity contribution in [3.63, 3.8) is 0 Å². The molecule has 1 aromatic rings. The summed E-state index contributed by atoms with van der Waals surface area (Å²) >= 11 is 0. The van der Waals surface area contributed by atoms with Crippen LogP contribution in [0.3, 0.4) is 0 Å². The highest BCUT2D eigenvalue weighted by Crippen LogP contribution is 2.66. The number of nitrogens with one attached hydrogen (secondary N) is 1. The highest BCUT2D eigenvalue weighted by Gasteiger charge is 2.68. The van der Waals surface area contributed by atoms with E-state index in [0.717, 1.165) is 18.4 Å². The number of Topliss-reactive ketones (excluding diaryl/α,β-unsaturated/α-hetero) is 2. The van der Waals surface area contributed by atoms with Crippen LogP contribution in [-0.4, -0.2) is 57.6 Å². The van der Waals surface area contributed by atoms with Crippen LogP contribution in [0.1, 0.15) is 87.6 Å². The van der Waals surface area contributed by atoms with E-state index in [1.54, 1.807) is 18.2 Å². The number of amides is 1. The van der Waals surface area contributed by atoms with Gasteiger partial charge in [0.15, 0.2) is 12.4 Å². The van der Waals surface area contributed by atoms with Gasteiger partial charge in [-0.15, -0.1) is 0 Å². The average Bonchev–Trinajstić information content (AvgIpc) is 3.24. The van der Waals surface area contributed by atoms with E-state index in [9.17, 15) is 33.9 Å². The molecule has 6 unspecified atom stereocenters. The van der Waals surface area contributed by atoms with Crippen LogP contribution in [0.25, 0.3) is 0 Å². The van der Waals surface area contributed by atoms with Crippen molar-refractivity contribution in [2.45, 2.75) is 83.8 Å². The first-order valence-electron chi connectivity index (χ1n) is 15.1. The maximum atomic E-state index is 13.7. The van der Waals surface area contributed by atoms with Gasteiger partial charge in [0, 0.05) is 37.1 Å². The first kappa shape index (κ1) is 30.8. The molecule has 0 spiro atoms. The van der Waals surface area contributed by atoms with Crippen molar-refractivity contribution in [2.24, 2.45) is 28.6 Å². The number of allylic oxidation sites excluding steroid dienone is 1. The number of carboxylic acid groups (broad SMARTS) is 1. The number of fused-ring (bicyclic) bond motifs is 5. The summed E-state index contributed by atoms with van der Waals surface area (Å²) < 4.78 is 5.18. The second kappa shape index (κ2) is 11.4. The molecule has 0 aromatic heterocycles. The number of esters is 1. The van der Waals surface area contributed by atoms with E-state index < -0.39 is 41.3 Å². The summed E-state index contributed by atoms with van der Waals surface area (Å²) in [4.78, 5) is 74.7. The van der Waals surface area contributed by atoms with E-state index in [2.05, 4.69) is 12.2 Å². The zero-order chi connectivity index (χ0) is 31.2. The fraction of sp³-hybridized carbons (Fsp3) is 0.576. The Hall–Kier alpha value is -3.66. The zero-order valence-electron chi connectivity index (χ0n) is 24.6. The topological polar surface area (TPSA) is 164 Å². The third kappa shape index (κ3) is 5.46. The van der Waals surface area contributed by atoms with Crippen LogP contribution < -0.4 is 5.32 Å². The standard InChI is InChI=1S/C33H39NO9/c1-31-13-11-22(35)15-21(31)7-8-23-24-12-14-33(42,32(24,2)16-25(36)29(23)31)26(37)18-43-28(39)10-9-27(38)34-17-19-3-5-20(6-4-19)30(40)41/h3-6,15,23-24,29,42H,7-14,16-18H2,1-2H3,(H,34,38)(H,40,41). The van der Waals surface area contributed by atoms with Gasteiger partial charge in [-0.1, -0.05) is 31.6 Å². The lowest BCUT2D eigenvalue weighted by Crippen LogP contribution is -2.61. The lowest BCUT2D eigenvalue weighted by atomic mass is 9.46. The van der Waals surface area contributed by atoms with Crippen LogP contribution in [0.15, 0.2) is 35.9 Å². The van der Waals surface area contributed by atoms with Gasteiger partial charge in [0.25, 0.3) is 0 Å². The maximum Gasteiger partial charge on any atom is 0.335 e. The molecule has 1 amide bonds. The molecule has 43 heavy (non-hydrogen) atoms. The molecule has 230 valence electrons. The lowest BCUT2D eigenvalue weighted by Gasteiger charge is -2.57. The second-order valence-corrected chi connectivity index (χ2v) is 13.2. The highest BCUT2D eigenvalue weighted by atomic mass is 16.5. The monoisotopic (exact) mass is 593 g/mol. The number of benzene rings is 1. The Morgan fingerprint density at radius 3 is 2.42 bits per heavy atom. The van der Waals surface area contributed by atoms with Gasteiger partial charge in [-0.3, -0.25) is 24.0 Å². The van der Waals surface area contributed by atoms with Crippen molar-refractivity contribution < 1.29 is 43.7 Å². The van der Waals surface area contributed by atoms with E-state index in [-0.39, 0.29) is 72.5 Å². The van der Waals surface area contributed by atoms with Crippen LogP contribution in [0.4, 0.5) is 0 Å². The van der Waals surface area contributed by atoms with Crippen molar-refractivity contribution >= 4 is 35.2 Å². The average molecular weight is 594 g/mol. The molecule has 0 bridgehead atoms. The largest absolute Gasteiger partial charge is 0.478 e. The van der Waals surface area contributed by atoms with E-state index in [0.29, 0.717) is 24.8 Å². The third-order valence-corrected chi connectivity index (χ3v) is 10.9. The normalized spacial score (nSPS) is 33.0. The van der Waals surface area contributed by atoms with Crippen LogP contribution in [0.5, 0.6) is 0 Å². The minimum Gasteiger partial charge on any atom is -0.478 e. The number of carboxylic acids is 1. The van der Waals surface area contributed by atoms with E-state index in [1.807, 2.05) is 6.92 Å². The summed E-state index contributed by atoms with van der Waals surface area (Å²) in [6.45, 7) is 3.43. The maximum absolute atomic E-state index is 13.7. The number of hydrogen-bond donors (Lipinski definition) is 3. The van der Waals surface area contributed by atoms with E-state index in [1.165, 1.54) is 12.1 Å². The molecule has 0 heterocycles. The molecule has 3 saturated carbocycles. The first-order valence-corrected chi connectivity index (χ1v) is 15.1. The summed E-state index contributed by atoms with van der Waals surface area (Å²) in [6.07, 6.45) is 4.69. The van der Waals surface area contributed by atoms with Crippen LogP contribution in [0, 0.1) is 28.6 Å². The minimum atomic E-state index is -1.80. The molecule has 10 nitrogen and oxygen atoms in total. The highest BCUT2D eigenvalue weighted by molar-refractivity contribution is 5.95. The molecule has 4 aliphatic carbocycles. The van der Waals surface area contributed by atoms with Crippen molar-refractivity contribution in [1.29, 1.82) is 0 Å². The van der Waals surface area contributed by atoms with Gasteiger partial charge in [0.05, 0.1) is 12.0 Å². The number of carbonyl (C=O) groups excluding carboxylic acids is 5. The number of aromatic carboxylic acids is 1. The van der Waals surface area contributed by atoms with Gasteiger partial charge in [-0.05, 0) is 73.1 Å². The van der Waals surface area contributed by atoms with Gasteiger partial charge in [0.2, 0.25) is 11.7 Å². The Morgan fingerprint density at radius 1 is 1.00 bits per heavy atom. The fourth-order valence-corrected chi connectivity index (χ4v) is 8.45. The predicted molar refractivity (Wildman–Crippen MR) is 152 cm³/mol.